The van der Waals surface area contributed by atoms with Gasteiger partial charge in [-0.2, -0.15) is 0 Å². The zero-order chi connectivity index (χ0) is 19.3. The van der Waals surface area contributed by atoms with E-state index in [4.69, 9.17) is 17.3 Å². The molecule has 2 aliphatic rings. The van der Waals surface area contributed by atoms with Crippen molar-refractivity contribution < 1.29 is 9.59 Å². The topological polar surface area (TPSA) is 84.2 Å². The normalized spacial score (nSPS) is 24.8. The summed E-state index contributed by atoms with van der Waals surface area (Å²) in [7, 11) is 0. The number of hydrogen-bond acceptors (Lipinski definition) is 3. The summed E-state index contributed by atoms with van der Waals surface area (Å²) < 4.78 is 0. The number of halogens is 2. The van der Waals surface area contributed by atoms with Crippen molar-refractivity contribution in [1.29, 1.82) is 0 Å². The van der Waals surface area contributed by atoms with Crippen molar-refractivity contribution >= 4 is 58.0 Å². The Bertz CT molecular complexity index is 913. The standard InChI is InChI=1S/C20H22ClN3O2S.ClH/c1-9-7-11-8-14(9)15-16(18(22)25)19(27-17(15)10(11)2)24-20(26)23-13-5-3-12(21)4-6-13;/h3-6,9-11,14H,7-8H2,1-2H3,(H2,22,25)(H2,23,24,26);1H/t9?,10?,11-,14+;/m0./s1. The van der Waals surface area contributed by atoms with E-state index >= 15 is 0 Å². The van der Waals surface area contributed by atoms with Crippen LogP contribution in [0.15, 0.2) is 24.3 Å². The third kappa shape index (κ3) is 3.61. The molecule has 2 bridgehead atoms. The van der Waals surface area contributed by atoms with Crippen LogP contribution in [0.2, 0.25) is 5.02 Å². The number of primary amides is 1. The number of anilines is 2. The molecule has 4 atom stereocenters. The highest BCUT2D eigenvalue weighted by molar-refractivity contribution is 7.17. The van der Waals surface area contributed by atoms with Crippen LogP contribution in [0.3, 0.4) is 0 Å². The lowest BCUT2D eigenvalue weighted by atomic mass is 9.78. The molecule has 3 amide bonds. The minimum Gasteiger partial charge on any atom is -0.365 e. The van der Waals surface area contributed by atoms with E-state index in [1.54, 1.807) is 24.3 Å². The molecule has 1 aromatic heterocycles. The van der Waals surface area contributed by atoms with Gasteiger partial charge in [0, 0.05) is 15.6 Å². The van der Waals surface area contributed by atoms with Crippen LogP contribution in [-0.2, 0) is 0 Å². The van der Waals surface area contributed by atoms with E-state index < -0.39 is 11.9 Å². The Hall–Kier alpha value is -1.76. The van der Waals surface area contributed by atoms with Crippen molar-refractivity contribution in [3.8, 4) is 0 Å². The van der Waals surface area contributed by atoms with Crippen molar-refractivity contribution in [3.05, 3.63) is 45.3 Å². The summed E-state index contributed by atoms with van der Waals surface area (Å²) in [5.74, 6) is 1.45. The smallest absolute Gasteiger partial charge is 0.324 e. The lowest BCUT2D eigenvalue weighted by molar-refractivity contribution is 0.0999. The average Bonchev–Trinajstić information content (AvgIpc) is 3.14. The molecule has 2 aromatic rings. The first-order valence-electron chi connectivity index (χ1n) is 9.15. The maximum Gasteiger partial charge on any atom is 0.324 e. The molecule has 1 heterocycles. The summed E-state index contributed by atoms with van der Waals surface area (Å²) in [6.07, 6.45) is 2.29. The number of nitrogens with two attached hydrogens (primary N) is 1. The number of rotatable bonds is 3. The first-order valence-corrected chi connectivity index (χ1v) is 10.3. The highest BCUT2D eigenvalue weighted by Gasteiger charge is 2.45. The molecule has 1 saturated carbocycles. The second kappa shape index (κ2) is 7.93. The molecular weight excluding hydrogens is 417 g/mol. The second-order valence-electron chi connectivity index (χ2n) is 7.64. The van der Waals surface area contributed by atoms with E-state index in [-0.39, 0.29) is 12.4 Å². The minimum atomic E-state index is -0.473. The minimum absolute atomic E-state index is 0. The largest absolute Gasteiger partial charge is 0.365 e. The third-order valence-corrected chi connectivity index (χ3v) is 7.53. The summed E-state index contributed by atoms with van der Waals surface area (Å²) in [5.41, 5.74) is 7.92. The SMILES string of the molecule is CC1c2sc(NC(=O)Nc3ccc(Cl)cc3)c(C(N)=O)c2[C@@H]2C[C@@H]1CC2C.Cl. The van der Waals surface area contributed by atoms with Crippen molar-refractivity contribution in [1.82, 2.24) is 0 Å². The van der Waals surface area contributed by atoms with Gasteiger partial charge in [0.05, 0.1) is 5.56 Å². The number of nitrogens with one attached hydrogen (secondary N) is 2. The molecule has 1 aromatic carbocycles. The molecule has 4 N–H and O–H groups in total. The average molecular weight is 440 g/mol. The Morgan fingerprint density at radius 3 is 2.46 bits per heavy atom. The fourth-order valence-corrected chi connectivity index (χ4v) is 6.16. The van der Waals surface area contributed by atoms with E-state index in [2.05, 4.69) is 24.5 Å². The fourth-order valence-electron chi connectivity index (χ4n) is 4.62. The number of amides is 3. The molecule has 0 radical (unpaired) electrons. The van der Waals surface area contributed by atoms with Crippen LogP contribution in [0.25, 0.3) is 0 Å². The van der Waals surface area contributed by atoms with Crippen LogP contribution in [0, 0.1) is 11.8 Å². The maximum absolute atomic E-state index is 12.5. The number of urea groups is 1. The predicted molar refractivity (Wildman–Crippen MR) is 117 cm³/mol. The molecule has 0 spiro atoms. The number of benzene rings is 1. The van der Waals surface area contributed by atoms with Crippen LogP contribution in [-0.4, -0.2) is 11.9 Å². The van der Waals surface area contributed by atoms with E-state index in [1.807, 2.05) is 0 Å². The fraction of sp³-hybridized carbons (Fsp3) is 0.400. The van der Waals surface area contributed by atoms with Gasteiger partial charge in [0.2, 0.25) is 0 Å². The van der Waals surface area contributed by atoms with Gasteiger partial charge in [-0.1, -0.05) is 25.4 Å². The van der Waals surface area contributed by atoms with Gasteiger partial charge in [0.15, 0.2) is 0 Å². The van der Waals surface area contributed by atoms with Crippen molar-refractivity contribution in [3.63, 3.8) is 0 Å². The number of carbonyl (C=O) groups excluding carboxylic acids is 2. The Labute approximate surface area is 179 Å². The number of thiophene rings is 1. The Balaban J connectivity index is 0.00000225. The van der Waals surface area contributed by atoms with Gasteiger partial charge < -0.3 is 11.1 Å². The van der Waals surface area contributed by atoms with Crippen LogP contribution < -0.4 is 16.4 Å². The van der Waals surface area contributed by atoms with Gasteiger partial charge in [-0.25, -0.2) is 4.79 Å². The molecular formula is C20H23Cl2N3O2S. The molecule has 28 heavy (non-hydrogen) atoms. The Morgan fingerprint density at radius 2 is 1.82 bits per heavy atom. The third-order valence-electron chi connectivity index (χ3n) is 5.96. The number of fused-ring (bicyclic) bond motifs is 4. The van der Waals surface area contributed by atoms with Gasteiger partial charge in [-0.05, 0) is 66.3 Å². The molecule has 8 heteroatoms. The molecule has 2 aliphatic carbocycles. The predicted octanol–water partition coefficient (Wildman–Crippen LogP) is 5.81. The quantitative estimate of drug-likeness (QED) is 0.563. The first kappa shape index (κ1) is 21.0. The molecule has 1 fully saturated rings. The summed E-state index contributed by atoms with van der Waals surface area (Å²) in [6, 6.07) is 6.45. The van der Waals surface area contributed by atoms with Crippen molar-refractivity contribution in [2.75, 3.05) is 10.6 Å². The molecule has 5 nitrogen and oxygen atoms in total. The van der Waals surface area contributed by atoms with Gasteiger partial charge in [-0.15, -0.1) is 23.7 Å². The van der Waals surface area contributed by atoms with Crippen LogP contribution >= 0.6 is 35.3 Å². The number of hydrogen-bond donors (Lipinski definition) is 3. The monoisotopic (exact) mass is 439 g/mol. The van der Waals surface area contributed by atoms with Crippen molar-refractivity contribution in [2.24, 2.45) is 17.6 Å². The zero-order valence-corrected chi connectivity index (χ0v) is 18.0. The molecule has 0 aliphatic heterocycles. The van der Waals surface area contributed by atoms with Gasteiger partial charge >= 0.3 is 6.03 Å². The summed E-state index contributed by atoms with van der Waals surface area (Å²) in [5, 5.41) is 6.75. The van der Waals surface area contributed by atoms with Crippen LogP contribution in [0.5, 0.6) is 0 Å². The maximum atomic E-state index is 12.5. The Kier molecular flexibility index (Phi) is 5.94. The van der Waals surface area contributed by atoms with E-state index in [9.17, 15) is 9.59 Å². The second-order valence-corrected chi connectivity index (χ2v) is 9.13. The summed E-state index contributed by atoms with van der Waals surface area (Å²) in [6.45, 7) is 4.46. The summed E-state index contributed by atoms with van der Waals surface area (Å²) >= 11 is 7.37. The first-order chi connectivity index (χ1) is 12.8. The lowest BCUT2D eigenvalue weighted by Gasteiger charge is -2.27. The Morgan fingerprint density at radius 1 is 1.14 bits per heavy atom. The van der Waals surface area contributed by atoms with E-state index in [1.165, 1.54) is 22.6 Å². The molecule has 4 rings (SSSR count). The highest BCUT2D eigenvalue weighted by atomic mass is 35.5. The van der Waals surface area contributed by atoms with Crippen molar-refractivity contribution in [2.45, 2.75) is 38.5 Å². The lowest BCUT2D eigenvalue weighted by Crippen LogP contribution is -2.23. The van der Waals surface area contributed by atoms with Crippen LogP contribution in [0.4, 0.5) is 15.5 Å². The molecule has 2 unspecified atom stereocenters. The van der Waals surface area contributed by atoms with Crippen LogP contribution in [0.1, 0.15) is 59.3 Å². The zero-order valence-electron chi connectivity index (χ0n) is 15.6. The highest BCUT2D eigenvalue weighted by Crippen LogP contribution is 2.59. The van der Waals surface area contributed by atoms with Gasteiger partial charge in [0.25, 0.3) is 5.91 Å². The molecule has 0 saturated heterocycles. The number of carbonyl (C=O) groups is 2. The summed E-state index contributed by atoms with van der Waals surface area (Å²) in [4.78, 5) is 25.9. The molecule has 150 valence electrons. The van der Waals surface area contributed by atoms with Gasteiger partial charge in [0.1, 0.15) is 5.00 Å². The van der Waals surface area contributed by atoms with Gasteiger partial charge in [-0.3, -0.25) is 10.1 Å². The van der Waals surface area contributed by atoms with E-state index in [0.717, 1.165) is 12.0 Å². The van der Waals surface area contributed by atoms with E-state index in [0.29, 0.717) is 44.9 Å².